The van der Waals surface area contributed by atoms with Crippen LogP contribution in [0.1, 0.15) is 22.8 Å². The summed E-state index contributed by atoms with van der Waals surface area (Å²) in [6.07, 6.45) is 3.11. The Morgan fingerprint density at radius 3 is 2.73 bits per heavy atom. The van der Waals surface area contributed by atoms with Gasteiger partial charge in [0.1, 0.15) is 17.1 Å². The van der Waals surface area contributed by atoms with E-state index in [2.05, 4.69) is 15.4 Å². The van der Waals surface area contributed by atoms with Crippen molar-refractivity contribution in [2.45, 2.75) is 13.5 Å². The van der Waals surface area contributed by atoms with E-state index < -0.39 is 5.82 Å². The molecule has 8 heteroatoms. The predicted octanol–water partition coefficient (Wildman–Crippen LogP) is 4.52. The van der Waals surface area contributed by atoms with Gasteiger partial charge in [0.15, 0.2) is 5.65 Å². The Bertz CT molecular complexity index is 1210. The highest BCUT2D eigenvalue weighted by Gasteiger charge is 2.16. The average molecular weight is 425 g/mol. The lowest BCUT2D eigenvalue weighted by Crippen LogP contribution is -2.23. The highest BCUT2D eigenvalue weighted by Crippen LogP contribution is 2.24. The molecule has 0 saturated carbocycles. The number of ether oxygens (including phenoxy) is 1. The molecule has 4 rings (SSSR count). The molecule has 0 spiro atoms. The molecular formula is C22H18ClFN4O2. The zero-order valence-corrected chi connectivity index (χ0v) is 16.9. The fourth-order valence-corrected chi connectivity index (χ4v) is 3.33. The summed E-state index contributed by atoms with van der Waals surface area (Å²) < 4.78 is 20.3. The first-order valence-electron chi connectivity index (χ1n) is 9.35. The van der Waals surface area contributed by atoms with Gasteiger partial charge in [0, 0.05) is 23.3 Å². The summed E-state index contributed by atoms with van der Waals surface area (Å²) in [6.45, 7) is 2.69. The molecule has 152 valence electrons. The van der Waals surface area contributed by atoms with Gasteiger partial charge in [-0.1, -0.05) is 17.7 Å². The van der Waals surface area contributed by atoms with Crippen molar-refractivity contribution in [2.75, 3.05) is 6.61 Å². The van der Waals surface area contributed by atoms with Crippen molar-refractivity contribution in [1.29, 1.82) is 0 Å². The first-order valence-corrected chi connectivity index (χ1v) is 9.72. The number of fused-ring (bicyclic) bond motifs is 1. The van der Waals surface area contributed by atoms with Crippen LogP contribution in [0.4, 0.5) is 4.39 Å². The van der Waals surface area contributed by atoms with Crippen LogP contribution in [-0.2, 0) is 6.54 Å². The maximum Gasteiger partial charge on any atom is 0.257 e. The van der Waals surface area contributed by atoms with Gasteiger partial charge in [-0.05, 0) is 55.0 Å². The molecule has 30 heavy (non-hydrogen) atoms. The smallest absolute Gasteiger partial charge is 0.257 e. The summed E-state index contributed by atoms with van der Waals surface area (Å²) in [4.78, 5) is 17.0. The van der Waals surface area contributed by atoms with Crippen molar-refractivity contribution >= 4 is 23.2 Å². The molecular weight excluding hydrogens is 407 g/mol. The fraction of sp³-hybridized carbons (Fsp3) is 0.136. The van der Waals surface area contributed by atoms with E-state index in [-0.39, 0.29) is 17.5 Å². The second-order valence-corrected chi connectivity index (χ2v) is 6.91. The van der Waals surface area contributed by atoms with Gasteiger partial charge in [-0.25, -0.2) is 13.9 Å². The number of carbonyl (C=O) groups is 1. The number of aromatic nitrogens is 3. The molecule has 2 aromatic carbocycles. The standard InChI is InChI=1S/C22H18ClFN4O2/c1-2-30-17-7-4-14(5-8-17)20-9-10-25-21-18(13-27-28(20)21)22(29)26-12-15-3-6-16(24)11-19(15)23/h3-11,13H,2,12H2,1H3,(H,26,29). The molecule has 1 amide bonds. The molecule has 2 aromatic heterocycles. The highest BCUT2D eigenvalue weighted by atomic mass is 35.5. The number of rotatable bonds is 6. The van der Waals surface area contributed by atoms with Crippen LogP contribution in [0.15, 0.2) is 60.9 Å². The summed E-state index contributed by atoms with van der Waals surface area (Å²) in [7, 11) is 0. The molecule has 0 fully saturated rings. The summed E-state index contributed by atoms with van der Waals surface area (Å²) in [5, 5.41) is 7.38. The Labute approximate surface area is 177 Å². The quantitative estimate of drug-likeness (QED) is 0.494. The third-order valence-electron chi connectivity index (χ3n) is 4.56. The largest absolute Gasteiger partial charge is 0.494 e. The minimum atomic E-state index is -0.427. The van der Waals surface area contributed by atoms with E-state index in [0.717, 1.165) is 17.0 Å². The molecule has 0 aliphatic carbocycles. The number of carbonyl (C=O) groups excluding carboxylic acids is 1. The zero-order valence-electron chi connectivity index (χ0n) is 16.1. The van der Waals surface area contributed by atoms with Crippen molar-refractivity contribution in [3.63, 3.8) is 0 Å². The van der Waals surface area contributed by atoms with E-state index in [1.54, 1.807) is 10.7 Å². The van der Waals surface area contributed by atoms with Crippen LogP contribution in [0.2, 0.25) is 5.02 Å². The normalized spacial score (nSPS) is 10.9. The third-order valence-corrected chi connectivity index (χ3v) is 4.91. The Kier molecular flexibility index (Phi) is 5.63. The summed E-state index contributed by atoms with van der Waals surface area (Å²) in [5.74, 6) is 0.0111. The third kappa shape index (κ3) is 3.97. The maximum atomic E-state index is 13.2. The zero-order chi connectivity index (χ0) is 21.1. The molecule has 0 aliphatic rings. The topological polar surface area (TPSA) is 68.5 Å². The second-order valence-electron chi connectivity index (χ2n) is 6.50. The molecule has 1 N–H and O–H groups in total. The van der Waals surface area contributed by atoms with Gasteiger partial charge >= 0.3 is 0 Å². The number of nitrogens with one attached hydrogen (secondary N) is 1. The number of benzene rings is 2. The number of hydrogen-bond donors (Lipinski definition) is 1. The van der Waals surface area contributed by atoms with E-state index >= 15 is 0 Å². The Morgan fingerprint density at radius 1 is 1.20 bits per heavy atom. The number of halogens is 2. The minimum absolute atomic E-state index is 0.161. The average Bonchev–Trinajstić information content (AvgIpc) is 3.18. The van der Waals surface area contributed by atoms with Crippen LogP contribution in [0, 0.1) is 5.82 Å². The van der Waals surface area contributed by atoms with E-state index in [1.807, 2.05) is 37.3 Å². The van der Waals surface area contributed by atoms with Crippen molar-refractivity contribution in [1.82, 2.24) is 19.9 Å². The summed E-state index contributed by atoms with van der Waals surface area (Å²) in [6, 6.07) is 13.5. The number of nitrogens with zero attached hydrogens (tertiary/aromatic N) is 3. The van der Waals surface area contributed by atoms with Crippen molar-refractivity contribution in [2.24, 2.45) is 0 Å². The van der Waals surface area contributed by atoms with Crippen LogP contribution < -0.4 is 10.1 Å². The van der Waals surface area contributed by atoms with Crippen LogP contribution >= 0.6 is 11.6 Å². The second kappa shape index (κ2) is 8.51. The van der Waals surface area contributed by atoms with Crippen molar-refractivity contribution in [3.05, 3.63) is 82.9 Å². The first-order chi connectivity index (χ1) is 14.6. The van der Waals surface area contributed by atoms with Crippen LogP contribution in [0.25, 0.3) is 16.9 Å². The van der Waals surface area contributed by atoms with Crippen LogP contribution in [0.5, 0.6) is 5.75 Å². The summed E-state index contributed by atoms with van der Waals surface area (Å²) >= 11 is 6.02. The van der Waals surface area contributed by atoms with E-state index in [0.29, 0.717) is 23.4 Å². The minimum Gasteiger partial charge on any atom is -0.494 e. The van der Waals surface area contributed by atoms with E-state index in [1.165, 1.54) is 24.4 Å². The molecule has 6 nitrogen and oxygen atoms in total. The van der Waals surface area contributed by atoms with Gasteiger partial charge in [0.25, 0.3) is 5.91 Å². The molecule has 2 heterocycles. The predicted molar refractivity (Wildman–Crippen MR) is 112 cm³/mol. The molecule has 0 bridgehead atoms. The number of amides is 1. The maximum absolute atomic E-state index is 13.2. The molecule has 4 aromatic rings. The molecule has 0 radical (unpaired) electrons. The number of hydrogen-bond acceptors (Lipinski definition) is 4. The van der Waals surface area contributed by atoms with Crippen LogP contribution in [0.3, 0.4) is 0 Å². The van der Waals surface area contributed by atoms with Gasteiger partial charge in [-0.15, -0.1) is 0 Å². The van der Waals surface area contributed by atoms with Gasteiger partial charge in [-0.3, -0.25) is 4.79 Å². The van der Waals surface area contributed by atoms with Crippen molar-refractivity contribution in [3.8, 4) is 17.0 Å². The Morgan fingerprint density at radius 2 is 2.00 bits per heavy atom. The highest BCUT2D eigenvalue weighted by molar-refractivity contribution is 6.31. The van der Waals surface area contributed by atoms with Crippen LogP contribution in [-0.4, -0.2) is 27.1 Å². The van der Waals surface area contributed by atoms with Crippen molar-refractivity contribution < 1.29 is 13.9 Å². The monoisotopic (exact) mass is 424 g/mol. The van der Waals surface area contributed by atoms with Gasteiger partial charge in [-0.2, -0.15) is 5.10 Å². The Hall–Kier alpha value is -3.45. The van der Waals surface area contributed by atoms with E-state index in [4.69, 9.17) is 16.3 Å². The molecule has 0 unspecified atom stereocenters. The molecule has 0 saturated heterocycles. The molecule has 0 aliphatic heterocycles. The van der Waals surface area contributed by atoms with E-state index in [9.17, 15) is 9.18 Å². The SMILES string of the molecule is CCOc1ccc(-c2ccnc3c(C(=O)NCc4ccc(F)cc4Cl)cnn23)cc1. The fourth-order valence-electron chi connectivity index (χ4n) is 3.09. The first kappa shape index (κ1) is 19.8. The Balaban J connectivity index is 1.58. The summed E-state index contributed by atoms with van der Waals surface area (Å²) in [5.41, 5.74) is 3.10. The lowest BCUT2D eigenvalue weighted by molar-refractivity contribution is 0.0952. The van der Waals surface area contributed by atoms with Gasteiger partial charge < -0.3 is 10.1 Å². The van der Waals surface area contributed by atoms with Gasteiger partial charge in [0.2, 0.25) is 0 Å². The lowest BCUT2D eigenvalue weighted by Gasteiger charge is -2.08. The lowest BCUT2D eigenvalue weighted by atomic mass is 10.1. The van der Waals surface area contributed by atoms with Gasteiger partial charge in [0.05, 0.1) is 18.5 Å². The molecule has 0 atom stereocenters.